The van der Waals surface area contributed by atoms with Gasteiger partial charge in [0.2, 0.25) is 0 Å². The lowest BCUT2D eigenvalue weighted by molar-refractivity contribution is -0.142. The molecule has 3 aromatic rings. The molecule has 3 nitrogen and oxygen atoms in total. The molecule has 0 bridgehead atoms. The van der Waals surface area contributed by atoms with E-state index in [1.165, 1.54) is 5.39 Å². The van der Waals surface area contributed by atoms with Crippen molar-refractivity contribution in [3.05, 3.63) is 82.9 Å². The molecule has 1 saturated heterocycles. The molecule has 3 aromatic carbocycles. The second-order valence-electron chi connectivity index (χ2n) is 6.76. The van der Waals surface area contributed by atoms with Crippen LogP contribution in [-0.4, -0.2) is 28.6 Å². The first-order valence-electron chi connectivity index (χ1n) is 8.87. The predicted molar refractivity (Wildman–Crippen MR) is 105 cm³/mol. The van der Waals surface area contributed by atoms with E-state index >= 15 is 0 Å². The van der Waals surface area contributed by atoms with Crippen LogP contribution in [0.25, 0.3) is 10.8 Å². The number of halogens is 1. The Hall–Kier alpha value is -2.36. The van der Waals surface area contributed by atoms with Crippen LogP contribution in [0.2, 0.25) is 5.02 Å². The van der Waals surface area contributed by atoms with Gasteiger partial charge >= 0.3 is 5.97 Å². The average molecular weight is 366 g/mol. The number of benzene rings is 3. The van der Waals surface area contributed by atoms with Crippen LogP contribution in [0, 0.1) is 0 Å². The highest BCUT2D eigenvalue weighted by molar-refractivity contribution is 6.31. The largest absolute Gasteiger partial charge is 0.480 e. The lowest BCUT2D eigenvalue weighted by Gasteiger charge is -2.32. The molecular formula is C22H20ClNO2. The van der Waals surface area contributed by atoms with Crippen LogP contribution in [0.5, 0.6) is 0 Å². The highest BCUT2D eigenvalue weighted by atomic mass is 35.5. The summed E-state index contributed by atoms with van der Waals surface area (Å²) in [5, 5.41) is 12.7. The van der Waals surface area contributed by atoms with Gasteiger partial charge in [0.05, 0.1) is 6.04 Å². The van der Waals surface area contributed by atoms with E-state index in [1.54, 1.807) is 0 Å². The second-order valence-corrected chi connectivity index (χ2v) is 7.17. The van der Waals surface area contributed by atoms with Gasteiger partial charge < -0.3 is 5.11 Å². The van der Waals surface area contributed by atoms with Gasteiger partial charge in [0.1, 0.15) is 6.04 Å². The number of aliphatic carboxylic acids is 1. The van der Waals surface area contributed by atoms with Crippen LogP contribution in [0.15, 0.2) is 66.7 Å². The Kier molecular flexibility index (Phi) is 4.66. The first-order chi connectivity index (χ1) is 12.6. The van der Waals surface area contributed by atoms with E-state index in [9.17, 15) is 9.90 Å². The van der Waals surface area contributed by atoms with Crippen LogP contribution in [-0.2, 0) is 4.79 Å². The quantitative estimate of drug-likeness (QED) is 0.696. The summed E-state index contributed by atoms with van der Waals surface area (Å²) < 4.78 is 0. The van der Waals surface area contributed by atoms with Crippen LogP contribution in [0.4, 0.5) is 0 Å². The molecule has 132 valence electrons. The maximum atomic E-state index is 11.8. The lowest BCUT2D eigenvalue weighted by Crippen LogP contribution is -2.39. The fraction of sp³-hybridized carbons (Fsp3) is 0.227. The van der Waals surface area contributed by atoms with Gasteiger partial charge in [-0.15, -0.1) is 0 Å². The van der Waals surface area contributed by atoms with Crippen molar-refractivity contribution in [1.82, 2.24) is 4.90 Å². The lowest BCUT2D eigenvalue weighted by atomic mass is 9.94. The summed E-state index contributed by atoms with van der Waals surface area (Å²) in [7, 11) is 0. The zero-order chi connectivity index (χ0) is 18.1. The van der Waals surface area contributed by atoms with Crippen molar-refractivity contribution in [3.63, 3.8) is 0 Å². The van der Waals surface area contributed by atoms with Crippen LogP contribution >= 0.6 is 11.6 Å². The van der Waals surface area contributed by atoms with Crippen molar-refractivity contribution in [1.29, 1.82) is 0 Å². The maximum absolute atomic E-state index is 11.8. The number of carbonyl (C=O) groups is 1. The van der Waals surface area contributed by atoms with E-state index in [1.807, 2.05) is 36.4 Å². The molecule has 1 N–H and O–H groups in total. The minimum Gasteiger partial charge on any atom is -0.480 e. The third-order valence-corrected chi connectivity index (χ3v) is 5.54. The van der Waals surface area contributed by atoms with Gasteiger partial charge in [-0.1, -0.05) is 66.2 Å². The smallest absolute Gasteiger partial charge is 0.320 e. The predicted octanol–water partition coefficient (Wildman–Crippen LogP) is 5.13. The van der Waals surface area contributed by atoms with Crippen LogP contribution < -0.4 is 0 Å². The molecule has 0 spiro atoms. The van der Waals surface area contributed by atoms with Gasteiger partial charge in [-0.25, -0.2) is 0 Å². The summed E-state index contributed by atoms with van der Waals surface area (Å²) in [6.07, 6.45) is 1.55. The van der Waals surface area contributed by atoms with Crippen molar-refractivity contribution >= 4 is 28.3 Å². The van der Waals surface area contributed by atoms with Gasteiger partial charge in [0.25, 0.3) is 0 Å². The normalized spacial score (nSPS) is 18.9. The number of carboxylic acids is 1. The van der Waals surface area contributed by atoms with E-state index < -0.39 is 12.0 Å². The number of likely N-dealkylation sites (tertiary alicyclic amines) is 1. The van der Waals surface area contributed by atoms with Crippen LogP contribution in [0.1, 0.15) is 30.0 Å². The first-order valence-corrected chi connectivity index (χ1v) is 9.24. The number of hydrogen-bond donors (Lipinski definition) is 1. The highest BCUT2D eigenvalue weighted by Gasteiger charge is 2.37. The number of hydrogen-bond acceptors (Lipinski definition) is 2. The molecule has 0 aliphatic carbocycles. The van der Waals surface area contributed by atoms with Crippen molar-refractivity contribution < 1.29 is 9.90 Å². The zero-order valence-corrected chi connectivity index (χ0v) is 15.1. The minimum atomic E-state index is -0.764. The number of rotatable bonds is 4. The Morgan fingerprint density at radius 3 is 2.54 bits per heavy atom. The maximum Gasteiger partial charge on any atom is 0.320 e. The van der Waals surface area contributed by atoms with Gasteiger partial charge in [-0.3, -0.25) is 9.69 Å². The van der Waals surface area contributed by atoms with Crippen molar-refractivity contribution in [2.75, 3.05) is 6.54 Å². The Balaban J connectivity index is 1.87. The standard InChI is InChI=1S/C22H20ClNO2/c23-19-9-4-3-8-18(19)21(24-13-5-10-20(24)22(25)26)17-12-11-15-6-1-2-7-16(15)14-17/h1-4,6-9,11-12,14,20-21H,5,10,13H2,(H,25,26). The summed E-state index contributed by atoms with van der Waals surface area (Å²) in [6.45, 7) is 0.750. The fourth-order valence-electron chi connectivity index (χ4n) is 3.99. The molecule has 0 saturated carbocycles. The summed E-state index contributed by atoms with van der Waals surface area (Å²) in [5.41, 5.74) is 2.03. The topological polar surface area (TPSA) is 40.5 Å². The Labute approximate surface area is 157 Å². The molecule has 0 aromatic heterocycles. The summed E-state index contributed by atoms with van der Waals surface area (Å²) in [4.78, 5) is 13.9. The van der Waals surface area contributed by atoms with E-state index in [-0.39, 0.29) is 6.04 Å². The molecule has 2 unspecified atom stereocenters. The number of fused-ring (bicyclic) bond motifs is 1. The second kappa shape index (κ2) is 7.10. The van der Waals surface area contributed by atoms with Gasteiger partial charge in [0.15, 0.2) is 0 Å². The summed E-state index contributed by atoms with van der Waals surface area (Å²) in [6, 6.07) is 21.6. The molecule has 0 radical (unpaired) electrons. The molecule has 1 fully saturated rings. The van der Waals surface area contributed by atoms with Crippen molar-refractivity contribution in [2.24, 2.45) is 0 Å². The molecule has 2 atom stereocenters. The average Bonchev–Trinajstić information content (AvgIpc) is 3.13. The summed E-state index contributed by atoms with van der Waals surface area (Å²) in [5.74, 6) is -0.764. The first kappa shape index (κ1) is 17.1. The Bertz CT molecular complexity index is 956. The number of carboxylic acid groups (broad SMARTS) is 1. The molecule has 1 aliphatic heterocycles. The molecule has 4 rings (SSSR count). The SMILES string of the molecule is O=C(O)C1CCCN1C(c1ccc2ccccc2c1)c1ccccc1Cl. The third-order valence-electron chi connectivity index (χ3n) is 5.20. The van der Waals surface area contributed by atoms with Gasteiger partial charge in [-0.05, 0) is 46.9 Å². The third kappa shape index (κ3) is 3.09. The summed E-state index contributed by atoms with van der Waals surface area (Å²) >= 11 is 6.52. The molecule has 26 heavy (non-hydrogen) atoms. The minimum absolute atomic E-state index is 0.170. The Morgan fingerprint density at radius 2 is 1.77 bits per heavy atom. The van der Waals surface area contributed by atoms with E-state index in [0.29, 0.717) is 11.4 Å². The molecule has 0 amide bonds. The molecular weight excluding hydrogens is 346 g/mol. The zero-order valence-electron chi connectivity index (χ0n) is 14.3. The van der Waals surface area contributed by atoms with Crippen molar-refractivity contribution in [2.45, 2.75) is 24.9 Å². The van der Waals surface area contributed by atoms with E-state index in [0.717, 1.165) is 29.5 Å². The Morgan fingerprint density at radius 1 is 1.04 bits per heavy atom. The van der Waals surface area contributed by atoms with E-state index in [4.69, 9.17) is 11.6 Å². The van der Waals surface area contributed by atoms with E-state index in [2.05, 4.69) is 35.2 Å². The molecule has 1 aliphatic rings. The number of nitrogens with zero attached hydrogens (tertiary/aromatic N) is 1. The fourth-order valence-corrected chi connectivity index (χ4v) is 4.23. The van der Waals surface area contributed by atoms with Crippen LogP contribution in [0.3, 0.4) is 0 Å². The van der Waals surface area contributed by atoms with Crippen molar-refractivity contribution in [3.8, 4) is 0 Å². The van der Waals surface area contributed by atoms with Gasteiger partial charge in [-0.2, -0.15) is 0 Å². The molecule has 1 heterocycles. The monoisotopic (exact) mass is 365 g/mol. The molecule has 4 heteroatoms. The van der Waals surface area contributed by atoms with Gasteiger partial charge in [0, 0.05) is 11.6 Å². The highest BCUT2D eigenvalue weighted by Crippen LogP contribution is 2.38.